The molecule has 0 atom stereocenters. The maximum atomic E-state index is 8.58. The summed E-state index contributed by atoms with van der Waals surface area (Å²) in [7, 11) is 0. The number of imidazole rings is 1. The van der Waals surface area contributed by atoms with Gasteiger partial charge in [-0.15, -0.1) is 0 Å². The second-order valence-corrected chi connectivity index (χ2v) is 3.36. The topological polar surface area (TPSA) is 99.1 Å². The molecule has 0 bridgehead atoms. The second-order valence-electron chi connectivity index (χ2n) is 3.03. The largest absolute Gasteiger partial charge is 0.394 e. The SMILES string of the molecule is Nc1nc(Cl)nc2c1ncn2COCCO. The molecular formula is C8H10ClN5O2. The number of halogens is 1. The van der Waals surface area contributed by atoms with Crippen LogP contribution in [0.2, 0.25) is 5.28 Å². The minimum atomic E-state index is -0.0372. The lowest BCUT2D eigenvalue weighted by molar-refractivity contribution is 0.0499. The highest BCUT2D eigenvalue weighted by atomic mass is 35.5. The highest BCUT2D eigenvalue weighted by Crippen LogP contribution is 2.17. The number of nitrogen functional groups attached to an aromatic ring is 1. The van der Waals surface area contributed by atoms with E-state index in [0.717, 1.165) is 0 Å². The van der Waals surface area contributed by atoms with E-state index >= 15 is 0 Å². The van der Waals surface area contributed by atoms with Gasteiger partial charge in [0.2, 0.25) is 5.28 Å². The molecule has 0 aromatic carbocycles. The van der Waals surface area contributed by atoms with Gasteiger partial charge in [-0.05, 0) is 11.6 Å². The molecule has 0 saturated carbocycles. The number of hydrogen-bond donors (Lipinski definition) is 2. The lowest BCUT2D eigenvalue weighted by Crippen LogP contribution is -2.06. The molecule has 0 saturated heterocycles. The standard InChI is InChI=1S/C8H10ClN5O2/c9-8-12-6(10)5-7(13-8)14(3-11-5)4-16-2-1-15/h3,15H,1-2,4H2,(H2,10,12,13). The highest BCUT2D eigenvalue weighted by molar-refractivity contribution is 6.28. The lowest BCUT2D eigenvalue weighted by atomic mass is 10.5. The summed E-state index contributed by atoms with van der Waals surface area (Å²) in [6, 6.07) is 0. The molecule has 2 heterocycles. The van der Waals surface area contributed by atoms with Crippen molar-refractivity contribution in [3.63, 3.8) is 0 Å². The maximum absolute atomic E-state index is 8.58. The van der Waals surface area contributed by atoms with Gasteiger partial charge in [0.1, 0.15) is 12.2 Å². The quantitative estimate of drug-likeness (QED) is 0.581. The van der Waals surface area contributed by atoms with Gasteiger partial charge < -0.3 is 15.6 Å². The van der Waals surface area contributed by atoms with Gasteiger partial charge in [-0.25, -0.2) is 4.98 Å². The molecule has 2 aromatic rings. The number of aliphatic hydroxyl groups excluding tert-OH is 1. The summed E-state index contributed by atoms with van der Waals surface area (Å²) in [5, 5.41) is 8.64. The van der Waals surface area contributed by atoms with Crippen LogP contribution in [0.1, 0.15) is 0 Å². The Bertz CT molecular complexity index is 500. The van der Waals surface area contributed by atoms with Gasteiger partial charge in [0.25, 0.3) is 0 Å². The lowest BCUT2D eigenvalue weighted by Gasteiger charge is -2.04. The van der Waals surface area contributed by atoms with Crippen molar-refractivity contribution >= 4 is 28.6 Å². The number of ether oxygens (including phenoxy) is 1. The van der Waals surface area contributed by atoms with Crippen LogP contribution in [0.25, 0.3) is 11.2 Å². The first kappa shape index (κ1) is 11.1. The normalized spacial score (nSPS) is 11.1. The minimum absolute atomic E-state index is 0.0372. The highest BCUT2D eigenvalue weighted by Gasteiger charge is 2.09. The van der Waals surface area contributed by atoms with E-state index in [2.05, 4.69) is 15.0 Å². The van der Waals surface area contributed by atoms with Crippen LogP contribution >= 0.6 is 11.6 Å². The van der Waals surface area contributed by atoms with Gasteiger partial charge in [-0.3, -0.25) is 4.57 Å². The van der Waals surface area contributed by atoms with E-state index in [-0.39, 0.29) is 31.0 Å². The monoisotopic (exact) mass is 243 g/mol. The molecule has 0 amide bonds. The number of aromatic nitrogens is 4. The molecule has 0 aliphatic carbocycles. The zero-order chi connectivity index (χ0) is 11.5. The number of fused-ring (bicyclic) bond motifs is 1. The number of anilines is 1. The first-order chi connectivity index (χ1) is 7.72. The third-order valence-electron chi connectivity index (χ3n) is 1.93. The minimum Gasteiger partial charge on any atom is -0.394 e. The van der Waals surface area contributed by atoms with Crippen molar-refractivity contribution in [3.05, 3.63) is 11.6 Å². The molecular weight excluding hydrogens is 234 g/mol. The number of hydrogen-bond acceptors (Lipinski definition) is 6. The molecule has 16 heavy (non-hydrogen) atoms. The zero-order valence-electron chi connectivity index (χ0n) is 8.30. The number of aliphatic hydroxyl groups is 1. The fourth-order valence-electron chi connectivity index (χ4n) is 1.26. The van der Waals surface area contributed by atoms with Crippen molar-refractivity contribution in [3.8, 4) is 0 Å². The van der Waals surface area contributed by atoms with E-state index in [0.29, 0.717) is 11.2 Å². The molecule has 2 aromatic heterocycles. The summed E-state index contributed by atoms with van der Waals surface area (Å²) in [4.78, 5) is 11.8. The molecule has 2 rings (SSSR count). The molecule has 3 N–H and O–H groups in total. The van der Waals surface area contributed by atoms with Crippen molar-refractivity contribution in [1.29, 1.82) is 0 Å². The molecule has 0 fully saturated rings. The smallest absolute Gasteiger partial charge is 0.226 e. The van der Waals surface area contributed by atoms with Crippen molar-refractivity contribution in [1.82, 2.24) is 19.5 Å². The fraction of sp³-hybridized carbons (Fsp3) is 0.375. The van der Waals surface area contributed by atoms with Crippen LogP contribution in [-0.2, 0) is 11.5 Å². The molecule has 0 radical (unpaired) electrons. The van der Waals surface area contributed by atoms with Crippen LogP contribution < -0.4 is 5.73 Å². The predicted octanol–water partition coefficient (Wildman–Crippen LogP) is 0.0283. The first-order valence-corrected chi connectivity index (χ1v) is 4.92. The Morgan fingerprint density at radius 3 is 3.06 bits per heavy atom. The Kier molecular flexibility index (Phi) is 3.18. The number of nitrogens with two attached hydrogens (primary N) is 1. The average molecular weight is 244 g/mol. The molecule has 0 aliphatic rings. The van der Waals surface area contributed by atoms with Gasteiger partial charge in [-0.2, -0.15) is 9.97 Å². The summed E-state index contributed by atoms with van der Waals surface area (Å²) in [6.45, 7) is 0.433. The third kappa shape index (κ3) is 2.06. The summed E-state index contributed by atoms with van der Waals surface area (Å²) >= 11 is 5.69. The zero-order valence-corrected chi connectivity index (χ0v) is 9.05. The molecule has 0 aliphatic heterocycles. The summed E-state index contributed by atoms with van der Waals surface area (Å²) in [6.07, 6.45) is 1.53. The van der Waals surface area contributed by atoms with Gasteiger partial charge >= 0.3 is 0 Å². The van der Waals surface area contributed by atoms with Crippen LogP contribution in [0.4, 0.5) is 5.82 Å². The Morgan fingerprint density at radius 1 is 1.50 bits per heavy atom. The van der Waals surface area contributed by atoms with Crippen LogP contribution in [0, 0.1) is 0 Å². The Morgan fingerprint density at radius 2 is 2.31 bits per heavy atom. The summed E-state index contributed by atoms with van der Waals surface area (Å²) in [5.74, 6) is 0.232. The van der Waals surface area contributed by atoms with Crippen molar-refractivity contribution in [2.24, 2.45) is 0 Å². The average Bonchev–Trinajstić information content (AvgIpc) is 2.62. The van der Waals surface area contributed by atoms with Gasteiger partial charge in [0.05, 0.1) is 19.5 Å². The van der Waals surface area contributed by atoms with E-state index in [1.807, 2.05) is 0 Å². The molecule has 0 unspecified atom stereocenters. The molecule has 8 heteroatoms. The van der Waals surface area contributed by atoms with Gasteiger partial charge in [0.15, 0.2) is 11.5 Å². The van der Waals surface area contributed by atoms with Crippen LogP contribution in [0.5, 0.6) is 0 Å². The van der Waals surface area contributed by atoms with E-state index in [1.165, 1.54) is 6.33 Å². The third-order valence-corrected chi connectivity index (χ3v) is 2.10. The van der Waals surface area contributed by atoms with Crippen LogP contribution in [-0.4, -0.2) is 37.8 Å². The molecule has 86 valence electrons. The molecule has 0 spiro atoms. The van der Waals surface area contributed by atoms with Crippen molar-refractivity contribution in [2.45, 2.75) is 6.73 Å². The van der Waals surface area contributed by atoms with Crippen LogP contribution in [0.3, 0.4) is 0 Å². The van der Waals surface area contributed by atoms with Crippen molar-refractivity contribution < 1.29 is 9.84 Å². The van der Waals surface area contributed by atoms with Crippen LogP contribution in [0.15, 0.2) is 6.33 Å². The second kappa shape index (κ2) is 4.60. The predicted molar refractivity (Wildman–Crippen MR) is 57.8 cm³/mol. The van der Waals surface area contributed by atoms with E-state index in [9.17, 15) is 0 Å². The fourth-order valence-corrected chi connectivity index (χ4v) is 1.43. The van der Waals surface area contributed by atoms with Crippen molar-refractivity contribution in [2.75, 3.05) is 18.9 Å². The Balaban J connectivity index is 2.32. The maximum Gasteiger partial charge on any atom is 0.226 e. The van der Waals surface area contributed by atoms with E-state index in [1.54, 1.807) is 4.57 Å². The van der Waals surface area contributed by atoms with Gasteiger partial charge in [-0.1, -0.05) is 0 Å². The Hall–Kier alpha value is -1.44. The number of rotatable bonds is 4. The summed E-state index contributed by atoms with van der Waals surface area (Å²) in [5.41, 5.74) is 6.63. The number of nitrogens with zero attached hydrogens (tertiary/aromatic N) is 4. The Labute approximate surface area is 95.8 Å². The summed E-state index contributed by atoms with van der Waals surface area (Å²) < 4.78 is 6.78. The van der Waals surface area contributed by atoms with E-state index < -0.39 is 0 Å². The van der Waals surface area contributed by atoms with E-state index in [4.69, 9.17) is 27.2 Å². The van der Waals surface area contributed by atoms with Gasteiger partial charge in [0, 0.05) is 0 Å². The first-order valence-electron chi connectivity index (χ1n) is 4.55. The molecule has 7 nitrogen and oxygen atoms in total.